The third-order valence-corrected chi connectivity index (χ3v) is 5.86. The fourth-order valence-corrected chi connectivity index (χ4v) is 4.31. The van der Waals surface area contributed by atoms with E-state index in [1.807, 2.05) is 16.8 Å². The van der Waals surface area contributed by atoms with Crippen molar-refractivity contribution in [3.8, 4) is 10.6 Å². The number of aromatic nitrogens is 3. The summed E-state index contributed by atoms with van der Waals surface area (Å²) in [6, 6.07) is 8.54. The van der Waals surface area contributed by atoms with Gasteiger partial charge < -0.3 is 0 Å². The van der Waals surface area contributed by atoms with Crippen molar-refractivity contribution >= 4 is 45.3 Å². The number of H-pyrrole nitrogens is 1. The molecule has 0 unspecified atom stereocenters. The average molecular weight is 411 g/mol. The molecule has 0 saturated carbocycles. The molecule has 0 saturated heterocycles. The molecule has 0 fully saturated rings. The van der Waals surface area contributed by atoms with Gasteiger partial charge in [-0.3, -0.25) is 25.2 Å². The smallest absolute Gasteiger partial charge is 0.267 e. The fourth-order valence-electron chi connectivity index (χ4n) is 2.63. The van der Waals surface area contributed by atoms with E-state index in [0.717, 1.165) is 10.6 Å². The summed E-state index contributed by atoms with van der Waals surface area (Å²) in [4.78, 5) is 41.6. The Balaban J connectivity index is 1.52. The van der Waals surface area contributed by atoms with Crippen molar-refractivity contribution in [3.05, 3.63) is 67.7 Å². The summed E-state index contributed by atoms with van der Waals surface area (Å²) in [7, 11) is 0. The predicted octanol–water partition coefficient (Wildman–Crippen LogP) is 2.49. The van der Waals surface area contributed by atoms with Gasteiger partial charge in [-0.15, -0.1) is 11.3 Å². The van der Waals surface area contributed by atoms with E-state index in [0.29, 0.717) is 21.3 Å². The van der Waals surface area contributed by atoms with E-state index in [1.54, 1.807) is 42.5 Å². The molecule has 3 aromatic heterocycles. The van der Waals surface area contributed by atoms with Gasteiger partial charge in [-0.1, -0.05) is 18.2 Å². The molecule has 28 heavy (non-hydrogen) atoms. The number of amides is 2. The van der Waals surface area contributed by atoms with Crippen LogP contribution in [-0.4, -0.2) is 27.0 Å². The van der Waals surface area contributed by atoms with Crippen LogP contribution in [0, 0.1) is 6.92 Å². The summed E-state index contributed by atoms with van der Waals surface area (Å²) >= 11 is 2.79. The first-order valence-electron chi connectivity index (χ1n) is 8.12. The zero-order valence-corrected chi connectivity index (χ0v) is 16.1. The Morgan fingerprint density at radius 3 is 2.57 bits per heavy atom. The number of hydrazine groups is 1. The number of carbonyl (C=O) groups excluding carboxylic acids is 2. The van der Waals surface area contributed by atoms with Crippen LogP contribution in [0.4, 0.5) is 0 Å². The van der Waals surface area contributed by atoms with Gasteiger partial charge in [0.2, 0.25) is 0 Å². The Kier molecular flexibility index (Phi) is 4.72. The highest BCUT2D eigenvalue weighted by atomic mass is 32.1. The van der Waals surface area contributed by atoms with Gasteiger partial charge in [0.25, 0.3) is 17.4 Å². The van der Waals surface area contributed by atoms with Gasteiger partial charge in [0.1, 0.15) is 9.88 Å². The second-order valence-corrected chi connectivity index (χ2v) is 7.58. The van der Waals surface area contributed by atoms with E-state index in [2.05, 4.69) is 26.0 Å². The van der Waals surface area contributed by atoms with Crippen molar-refractivity contribution < 1.29 is 9.59 Å². The summed E-state index contributed by atoms with van der Waals surface area (Å²) in [6.07, 6.45) is 0. The van der Waals surface area contributed by atoms with Crippen LogP contribution in [0.3, 0.4) is 0 Å². The average Bonchev–Trinajstić information content (AvgIpc) is 3.36. The number of nitrogens with one attached hydrogen (secondary N) is 3. The maximum atomic E-state index is 12.5. The highest BCUT2D eigenvalue weighted by Gasteiger charge is 2.19. The molecule has 1 aromatic carbocycles. The molecule has 0 radical (unpaired) electrons. The Hall–Kier alpha value is -3.37. The first-order chi connectivity index (χ1) is 13.5. The molecular weight excluding hydrogens is 398 g/mol. The van der Waals surface area contributed by atoms with Crippen molar-refractivity contribution in [2.24, 2.45) is 0 Å². The van der Waals surface area contributed by atoms with Gasteiger partial charge in [-0.05, 0) is 24.4 Å². The number of aromatic amines is 1. The zero-order valence-electron chi connectivity index (χ0n) is 14.5. The number of thiophene rings is 1. The molecule has 0 aliphatic heterocycles. The van der Waals surface area contributed by atoms with E-state index >= 15 is 0 Å². The minimum atomic E-state index is -0.638. The molecule has 0 aliphatic carbocycles. The molecule has 0 bridgehead atoms. The molecule has 3 N–H and O–H groups in total. The van der Waals surface area contributed by atoms with Crippen LogP contribution in [0.5, 0.6) is 0 Å². The topological polar surface area (TPSA) is 117 Å². The molecule has 0 aliphatic rings. The number of hydrogen-bond donors (Lipinski definition) is 3. The second kappa shape index (κ2) is 7.33. The number of carbonyl (C=O) groups is 2. The Bertz CT molecular complexity index is 1240. The highest BCUT2D eigenvalue weighted by Crippen LogP contribution is 2.29. The number of hydrogen-bond acceptors (Lipinski definition) is 7. The van der Waals surface area contributed by atoms with Crippen LogP contribution in [0.1, 0.15) is 25.9 Å². The third-order valence-electron chi connectivity index (χ3n) is 3.97. The lowest BCUT2D eigenvalue weighted by Gasteiger charge is -2.07. The highest BCUT2D eigenvalue weighted by molar-refractivity contribution is 7.17. The maximum absolute atomic E-state index is 12.5. The van der Waals surface area contributed by atoms with E-state index < -0.39 is 17.4 Å². The Labute approximate surface area is 166 Å². The molecule has 4 aromatic rings. The van der Waals surface area contributed by atoms with Crippen molar-refractivity contribution in [2.75, 3.05) is 0 Å². The maximum Gasteiger partial charge on any atom is 0.290 e. The number of fused-ring (bicyclic) bond motifs is 1. The molecule has 3 heterocycles. The normalized spacial score (nSPS) is 10.8. The fraction of sp³-hybridized carbons (Fsp3) is 0.0556. The minimum Gasteiger partial charge on any atom is -0.267 e. The van der Waals surface area contributed by atoms with Crippen molar-refractivity contribution in [1.29, 1.82) is 0 Å². The lowest BCUT2D eigenvalue weighted by atomic mass is 10.1. The van der Waals surface area contributed by atoms with Crippen LogP contribution >= 0.6 is 22.7 Å². The van der Waals surface area contributed by atoms with Gasteiger partial charge in [-0.25, -0.2) is 10.1 Å². The SMILES string of the molecule is Cc1nc(-c2ccsc2)sc1C(=O)NNC(=O)c1n[nH]c(=O)c2ccccc12. The van der Waals surface area contributed by atoms with E-state index in [-0.39, 0.29) is 5.69 Å². The number of aryl methyl sites for hydroxylation is 1. The van der Waals surface area contributed by atoms with Crippen LogP contribution in [-0.2, 0) is 0 Å². The quantitative estimate of drug-likeness (QED) is 0.448. The van der Waals surface area contributed by atoms with Crippen molar-refractivity contribution in [2.45, 2.75) is 6.92 Å². The number of thiazole rings is 1. The minimum absolute atomic E-state index is 0.00971. The summed E-state index contributed by atoms with van der Waals surface area (Å²) in [6.45, 7) is 1.74. The monoisotopic (exact) mass is 411 g/mol. The molecule has 140 valence electrons. The molecule has 0 atom stereocenters. The van der Waals surface area contributed by atoms with E-state index in [9.17, 15) is 14.4 Å². The van der Waals surface area contributed by atoms with Crippen molar-refractivity contribution in [1.82, 2.24) is 26.0 Å². The Morgan fingerprint density at radius 2 is 1.82 bits per heavy atom. The first-order valence-corrected chi connectivity index (χ1v) is 9.88. The molecule has 8 nitrogen and oxygen atoms in total. The number of benzene rings is 1. The second-order valence-electron chi connectivity index (χ2n) is 5.80. The van der Waals surface area contributed by atoms with Crippen LogP contribution < -0.4 is 16.4 Å². The number of nitrogens with zero attached hydrogens (tertiary/aromatic N) is 2. The van der Waals surface area contributed by atoms with Crippen LogP contribution in [0.2, 0.25) is 0 Å². The van der Waals surface area contributed by atoms with Crippen LogP contribution in [0.15, 0.2) is 45.9 Å². The predicted molar refractivity (Wildman–Crippen MR) is 107 cm³/mol. The molecule has 4 rings (SSSR count). The van der Waals surface area contributed by atoms with Gasteiger partial charge in [0, 0.05) is 16.3 Å². The van der Waals surface area contributed by atoms with Gasteiger partial charge in [0.15, 0.2) is 5.69 Å². The lowest BCUT2D eigenvalue weighted by molar-refractivity contribution is 0.0846. The molecule has 0 spiro atoms. The summed E-state index contributed by atoms with van der Waals surface area (Å²) in [5, 5.41) is 11.5. The summed E-state index contributed by atoms with van der Waals surface area (Å²) in [5.41, 5.74) is 5.86. The zero-order chi connectivity index (χ0) is 19.7. The van der Waals surface area contributed by atoms with E-state index in [1.165, 1.54) is 11.3 Å². The van der Waals surface area contributed by atoms with Gasteiger partial charge in [0.05, 0.1) is 11.1 Å². The van der Waals surface area contributed by atoms with E-state index in [4.69, 9.17) is 0 Å². The largest absolute Gasteiger partial charge is 0.290 e. The third kappa shape index (κ3) is 3.30. The lowest BCUT2D eigenvalue weighted by Crippen LogP contribution is -2.42. The van der Waals surface area contributed by atoms with Gasteiger partial charge >= 0.3 is 0 Å². The first kappa shape index (κ1) is 18.0. The summed E-state index contributed by atoms with van der Waals surface area (Å²) in [5.74, 6) is -1.11. The van der Waals surface area contributed by atoms with Crippen molar-refractivity contribution in [3.63, 3.8) is 0 Å². The molecular formula is C18H13N5O3S2. The van der Waals surface area contributed by atoms with Gasteiger partial charge in [-0.2, -0.15) is 16.4 Å². The molecule has 10 heteroatoms. The molecule has 2 amide bonds. The standard InChI is InChI=1S/C18H13N5O3S2/c1-9-14(28-18(19-9)10-6-7-27-8-10)17(26)23-22-16(25)13-11-4-2-3-5-12(11)15(24)21-20-13/h2-8H,1H3,(H,21,24)(H,22,25)(H,23,26). The number of rotatable bonds is 3. The Morgan fingerprint density at radius 1 is 1.07 bits per heavy atom. The summed E-state index contributed by atoms with van der Waals surface area (Å²) < 4.78 is 0. The van der Waals surface area contributed by atoms with Crippen LogP contribution in [0.25, 0.3) is 21.3 Å².